The van der Waals surface area contributed by atoms with Crippen LogP contribution in [0.3, 0.4) is 0 Å². The molecule has 0 fully saturated rings. The van der Waals surface area contributed by atoms with Gasteiger partial charge in [0.2, 0.25) is 0 Å². The Morgan fingerprint density at radius 1 is 1.11 bits per heavy atom. The molecular formula is C10H15NO5S2. The van der Waals surface area contributed by atoms with Crippen molar-refractivity contribution >= 4 is 19.7 Å². The third-order valence-corrected chi connectivity index (χ3v) is 4.35. The van der Waals surface area contributed by atoms with E-state index in [0.717, 1.165) is 18.6 Å². The Morgan fingerprint density at radius 2 is 1.72 bits per heavy atom. The number of hydrogen-bond acceptors (Lipinski definition) is 6. The molecule has 1 rings (SSSR count). The van der Waals surface area contributed by atoms with Crippen LogP contribution in [0.2, 0.25) is 0 Å². The van der Waals surface area contributed by atoms with Crippen LogP contribution in [0.25, 0.3) is 0 Å². The molecule has 1 aromatic rings. The summed E-state index contributed by atoms with van der Waals surface area (Å²) in [5.74, 6) is 0.107. The Hall–Kier alpha value is -1.12. The fraction of sp³-hybridized carbons (Fsp3) is 0.400. The largest absolute Gasteiger partial charge is 0.491 e. The highest BCUT2D eigenvalue weighted by atomic mass is 32.2. The van der Waals surface area contributed by atoms with Crippen LogP contribution < -0.4 is 10.5 Å². The van der Waals surface area contributed by atoms with Crippen molar-refractivity contribution < 1.29 is 21.6 Å². The van der Waals surface area contributed by atoms with E-state index in [9.17, 15) is 16.8 Å². The van der Waals surface area contributed by atoms with Gasteiger partial charge < -0.3 is 10.5 Å². The molecule has 0 heterocycles. The first-order valence-corrected chi connectivity index (χ1v) is 8.81. The lowest BCUT2D eigenvalue weighted by atomic mass is 10.3. The third kappa shape index (κ3) is 3.69. The van der Waals surface area contributed by atoms with Crippen molar-refractivity contribution in [2.75, 3.05) is 25.7 Å². The van der Waals surface area contributed by atoms with Crippen LogP contribution in [0.4, 0.5) is 0 Å². The van der Waals surface area contributed by atoms with E-state index in [2.05, 4.69) is 0 Å². The normalized spacial score (nSPS) is 12.4. The first kappa shape index (κ1) is 14.9. The fourth-order valence-corrected chi connectivity index (χ4v) is 2.85. The van der Waals surface area contributed by atoms with Crippen molar-refractivity contribution in [3.8, 4) is 5.75 Å². The van der Waals surface area contributed by atoms with Gasteiger partial charge in [0.25, 0.3) is 0 Å². The van der Waals surface area contributed by atoms with E-state index >= 15 is 0 Å². The molecule has 0 aliphatic heterocycles. The lowest BCUT2D eigenvalue weighted by Crippen LogP contribution is -2.13. The van der Waals surface area contributed by atoms with Gasteiger partial charge in [0.15, 0.2) is 19.7 Å². The molecule has 2 N–H and O–H groups in total. The number of rotatable bonds is 5. The summed E-state index contributed by atoms with van der Waals surface area (Å²) >= 11 is 0. The molecule has 0 saturated carbocycles. The molecule has 18 heavy (non-hydrogen) atoms. The number of hydrogen-bond donors (Lipinski definition) is 1. The van der Waals surface area contributed by atoms with Crippen LogP contribution in [0.15, 0.2) is 28.0 Å². The van der Waals surface area contributed by atoms with Gasteiger partial charge in [-0.2, -0.15) is 0 Å². The molecule has 102 valence electrons. The topological polar surface area (TPSA) is 104 Å². The highest BCUT2D eigenvalue weighted by Gasteiger charge is 2.18. The standard InChI is InChI=1S/C10H15NO5S2/c1-17(12,13)8-3-4-9(16-6-5-11)10(7-8)18(2,14)15/h3-4,7H,5-6,11H2,1-2H3. The van der Waals surface area contributed by atoms with Crippen molar-refractivity contribution in [3.05, 3.63) is 18.2 Å². The fourth-order valence-electron chi connectivity index (χ4n) is 1.30. The summed E-state index contributed by atoms with van der Waals surface area (Å²) in [4.78, 5) is -0.220. The summed E-state index contributed by atoms with van der Waals surface area (Å²) in [6.45, 7) is 0.387. The Balaban J connectivity index is 3.40. The minimum absolute atomic E-state index is 0.0666. The first-order chi connectivity index (χ1) is 8.16. The molecule has 0 aliphatic rings. The number of benzene rings is 1. The van der Waals surface area contributed by atoms with Crippen LogP contribution in [0.5, 0.6) is 5.75 Å². The minimum atomic E-state index is -3.58. The van der Waals surface area contributed by atoms with Gasteiger partial charge >= 0.3 is 0 Å². The molecule has 0 radical (unpaired) electrons. The van der Waals surface area contributed by atoms with E-state index in [1.807, 2.05) is 0 Å². The highest BCUT2D eigenvalue weighted by molar-refractivity contribution is 7.91. The summed E-state index contributed by atoms with van der Waals surface area (Å²) in [6.07, 6.45) is 2.00. The van der Waals surface area contributed by atoms with Gasteiger partial charge in [0.1, 0.15) is 17.3 Å². The molecule has 0 aliphatic carbocycles. The molecule has 0 atom stereocenters. The molecule has 8 heteroatoms. The third-order valence-electron chi connectivity index (χ3n) is 2.12. The van der Waals surface area contributed by atoms with Gasteiger partial charge in [-0.1, -0.05) is 0 Å². The maximum absolute atomic E-state index is 11.6. The van der Waals surface area contributed by atoms with Crippen molar-refractivity contribution in [1.82, 2.24) is 0 Å². The smallest absolute Gasteiger partial charge is 0.179 e. The number of sulfone groups is 2. The zero-order chi connectivity index (χ0) is 14.0. The van der Waals surface area contributed by atoms with Crippen LogP contribution in [-0.4, -0.2) is 42.5 Å². The second-order valence-electron chi connectivity index (χ2n) is 3.79. The quantitative estimate of drug-likeness (QED) is 0.808. The summed E-state index contributed by atoms with van der Waals surface area (Å²) in [5, 5.41) is 0. The van der Waals surface area contributed by atoms with Gasteiger partial charge in [0, 0.05) is 19.1 Å². The van der Waals surface area contributed by atoms with Gasteiger partial charge in [-0.05, 0) is 18.2 Å². The van der Waals surface area contributed by atoms with E-state index in [1.165, 1.54) is 12.1 Å². The lowest BCUT2D eigenvalue weighted by Gasteiger charge is -2.10. The average Bonchev–Trinajstić information content (AvgIpc) is 2.23. The van der Waals surface area contributed by atoms with Gasteiger partial charge in [-0.3, -0.25) is 0 Å². The predicted molar refractivity (Wildman–Crippen MR) is 67.2 cm³/mol. The van der Waals surface area contributed by atoms with Crippen molar-refractivity contribution in [2.45, 2.75) is 9.79 Å². The van der Waals surface area contributed by atoms with Gasteiger partial charge in [0.05, 0.1) is 4.90 Å². The second kappa shape index (κ2) is 5.25. The first-order valence-electron chi connectivity index (χ1n) is 5.03. The highest BCUT2D eigenvalue weighted by Crippen LogP contribution is 2.26. The second-order valence-corrected chi connectivity index (χ2v) is 7.79. The molecule has 0 aromatic heterocycles. The zero-order valence-electron chi connectivity index (χ0n) is 10.1. The van der Waals surface area contributed by atoms with E-state index in [-0.39, 0.29) is 28.7 Å². The molecule has 1 aromatic carbocycles. The van der Waals surface area contributed by atoms with Crippen LogP contribution in [0, 0.1) is 0 Å². The Morgan fingerprint density at radius 3 is 2.17 bits per heavy atom. The summed E-state index contributed by atoms with van der Waals surface area (Å²) < 4.78 is 51.1. The predicted octanol–water partition coefficient (Wildman–Crippen LogP) is -0.169. The van der Waals surface area contributed by atoms with Crippen LogP contribution in [-0.2, 0) is 19.7 Å². The summed E-state index contributed by atoms with van der Waals surface area (Å²) in [5.41, 5.74) is 5.26. The molecule has 0 spiro atoms. The van der Waals surface area contributed by atoms with Crippen molar-refractivity contribution in [2.24, 2.45) is 5.73 Å². The Kier molecular flexibility index (Phi) is 4.36. The number of nitrogens with two attached hydrogens (primary N) is 1. The van der Waals surface area contributed by atoms with E-state index in [1.54, 1.807) is 0 Å². The number of ether oxygens (including phenoxy) is 1. The van der Waals surface area contributed by atoms with E-state index in [0.29, 0.717) is 0 Å². The lowest BCUT2D eigenvalue weighted by molar-refractivity contribution is 0.319. The molecular weight excluding hydrogens is 278 g/mol. The van der Waals surface area contributed by atoms with Crippen LogP contribution in [0.1, 0.15) is 0 Å². The summed E-state index contributed by atoms with van der Waals surface area (Å²) in [6, 6.07) is 3.72. The zero-order valence-corrected chi connectivity index (χ0v) is 11.7. The molecule has 6 nitrogen and oxygen atoms in total. The van der Waals surface area contributed by atoms with Gasteiger partial charge in [-0.25, -0.2) is 16.8 Å². The average molecular weight is 293 g/mol. The maximum atomic E-state index is 11.6. The Labute approximate surface area is 107 Å². The SMILES string of the molecule is CS(=O)(=O)c1ccc(OCCN)c(S(C)(=O)=O)c1. The summed E-state index contributed by atoms with van der Waals surface area (Å²) in [7, 11) is -7.04. The molecule has 0 bridgehead atoms. The van der Waals surface area contributed by atoms with Crippen molar-refractivity contribution in [1.29, 1.82) is 0 Å². The minimum Gasteiger partial charge on any atom is -0.491 e. The van der Waals surface area contributed by atoms with Crippen molar-refractivity contribution in [3.63, 3.8) is 0 Å². The van der Waals surface area contributed by atoms with Gasteiger partial charge in [-0.15, -0.1) is 0 Å². The van der Waals surface area contributed by atoms with E-state index in [4.69, 9.17) is 10.5 Å². The van der Waals surface area contributed by atoms with E-state index < -0.39 is 19.7 Å². The Bertz CT molecular complexity index is 634. The molecule has 0 amide bonds. The molecule has 0 unspecified atom stereocenters. The monoisotopic (exact) mass is 293 g/mol. The maximum Gasteiger partial charge on any atom is 0.179 e. The molecule has 0 saturated heterocycles. The van der Waals surface area contributed by atoms with Crippen LogP contribution >= 0.6 is 0 Å².